The molecule has 0 radical (unpaired) electrons. The van der Waals surface area contributed by atoms with Crippen molar-refractivity contribution in [2.45, 2.75) is 85.5 Å². The monoisotopic (exact) mass is 806 g/mol. The van der Waals surface area contributed by atoms with Crippen molar-refractivity contribution in [1.29, 1.82) is 0 Å². The van der Waals surface area contributed by atoms with E-state index in [-0.39, 0.29) is 23.0 Å². The van der Waals surface area contributed by atoms with Crippen LogP contribution in [0.3, 0.4) is 0 Å². The lowest BCUT2D eigenvalue weighted by molar-refractivity contribution is -0.617. The lowest BCUT2D eigenvalue weighted by atomic mass is 9.34. The molecule has 4 nitrogen and oxygen atoms in total. The molecule has 0 atom stereocenters. The first-order valence-corrected chi connectivity index (χ1v) is 22.4. The van der Waals surface area contributed by atoms with Crippen LogP contribution >= 0.6 is 0 Å². The lowest BCUT2D eigenvalue weighted by Gasteiger charge is -2.35. The van der Waals surface area contributed by atoms with Crippen LogP contribution in [0.2, 0.25) is 0 Å². The van der Waals surface area contributed by atoms with Gasteiger partial charge >= 0.3 is 0 Å². The van der Waals surface area contributed by atoms with Crippen LogP contribution in [0, 0.1) is 6.92 Å². The minimum Gasteiger partial charge on any atom is -0.458 e. The summed E-state index contributed by atoms with van der Waals surface area (Å²) in [5, 5.41) is 6.42. The number of hydrogen-bond acceptors (Lipinski definition) is 1. The van der Waals surface area contributed by atoms with Crippen LogP contribution in [0.5, 0.6) is 11.5 Å². The van der Waals surface area contributed by atoms with E-state index in [0.29, 0.717) is 0 Å². The van der Waals surface area contributed by atoms with Crippen molar-refractivity contribution in [1.82, 2.24) is 8.97 Å². The van der Waals surface area contributed by atoms with Crippen LogP contribution in [0.15, 0.2) is 121 Å². The molecule has 0 amide bonds. The highest BCUT2D eigenvalue weighted by Gasteiger charge is 2.42. The van der Waals surface area contributed by atoms with Crippen molar-refractivity contribution in [3.05, 3.63) is 144 Å². The smallest absolute Gasteiger partial charge is 0.295 e. The predicted molar refractivity (Wildman–Crippen MR) is 263 cm³/mol. The van der Waals surface area contributed by atoms with Crippen LogP contribution in [0.4, 0.5) is 0 Å². The highest BCUT2D eigenvalue weighted by atomic mass is 16.5. The number of hydrogen-bond donors (Lipinski definition) is 0. The van der Waals surface area contributed by atoms with Crippen LogP contribution in [-0.2, 0) is 23.3 Å². The summed E-state index contributed by atoms with van der Waals surface area (Å²) >= 11 is 0. The second kappa shape index (κ2) is 12.2. The molecule has 62 heavy (non-hydrogen) atoms. The van der Waals surface area contributed by atoms with Gasteiger partial charge in [-0.3, -0.25) is 0 Å². The topological polar surface area (TPSA) is 22.4 Å². The number of para-hydroxylation sites is 3. The summed E-state index contributed by atoms with van der Waals surface area (Å²) in [7, 11) is 2.22. The van der Waals surface area contributed by atoms with Gasteiger partial charge in [0.15, 0.2) is 11.0 Å². The zero-order valence-corrected chi connectivity index (χ0v) is 37.9. The quantitative estimate of drug-likeness (QED) is 0.0920. The molecule has 3 aromatic heterocycles. The normalized spacial score (nSPS) is 13.8. The number of imidazole rings is 1. The van der Waals surface area contributed by atoms with Gasteiger partial charge in [0.2, 0.25) is 0 Å². The number of pyridine rings is 1. The zero-order chi connectivity index (χ0) is 42.9. The fourth-order valence-electron chi connectivity index (χ4n) is 11.0. The molecule has 7 aromatic carbocycles. The number of benzene rings is 7. The van der Waals surface area contributed by atoms with Crippen molar-refractivity contribution in [3.8, 4) is 28.3 Å². The largest absolute Gasteiger partial charge is 0.458 e. The Bertz CT molecular complexity index is 3640. The van der Waals surface area contributed by atoms with Crippen molar-refractivity contribution < 1.29 is 9.30 Å². The summed E-state index contributed by atoms with van der Waals surface area (Å²) in [5.41, 5.74) is 20.0. The van der Waals surface area contributed by atoms with Crippen LogP contribution < -0.4 is 25.7 Å². The number of aryl methyl sites for hydroxylation is 2. The Kier molecular flexibility index (Phi) is 7.36. The van der Waals surface area contributed by atoms with E-state index in [2.05, 4.69) is 211 Å². The molecule has 0 spiro atoms. The molecule has 5 heterocycles. The highest BCUT2D eigenvalue weighted by molar-refractivity contribution is 6.99. The van der Waals surface area contributed by atoms with Gasteiger partial charge in [0, 0.05) is 32.7 Å². The Morgan fingerprint density at radius 2 is 1.21 bits per heavy atom. The Hall–Kier alpha value is -6.33. The molecular weight excluding hydrogens is 753 g/mol. The van der Waals surface area contributed by atoms with Gasteiger partial charge in [0.05, 0.1) is 18.0 Å². The van der Waals surface area contributed by atoms with Crippen LogP contribution in [0.1, 0.15) is 84.6 Å². The maximum absolute atomic E-state index is 7.25. The molecule has 0 aliphatic carbocycles. The summed E-state index contributed by atoms with van der Waals surface area (Å²) in [6.45, 7) is 23.2. The first kappa shape index (κ1) is 37.4. The molecule has 304 valence electrons. The molecule has 10 aromatic rings. The Balaban J connectivity index is 1.25. The van der Waals surface area contributed by atoms with Gasteiger partial charge in [-0.1, -0.05) is 129 Å². The van der Waals surface area contributed by atoms with E-state index >= 15 is 0 Å². The second-order valence-corrected chi connectivity index (χ2v) is 21.4. The molecule has 12 rings (SSSR count). The fraction of sp³-hybridized carbons (Fsp3) is 0.246. The van der Waals surface area contributed by atoms with Gasteiger partial charge in [-0.25, -0.2) is 4.57 Å². The van der Waals surface area contributed by atoms with Crippen molar-refractivity contribution >= 4 is 83.3 Å². The number of ether oxygens (including phenoxy) is 1. The van der Waals surface area contributed by atoms with E-state index < -0.39 is 0 Å². The Morgan fingerprint density at radius 1 is 0.548 bits per heavy atom. The molecule has 2 aliphatic heterocycles. The molecule has 0 fully saturated rings. The Morgan fingerprint density at radius 3 is 1.97 bits per heavy atom. The number of fused-ring (bicyclic) bond motifs is 15. The van der Waals surface area contributed by atoms with E-state index in [0.717, 1.165) is 17.1 Å². The second-order valence-electron chi connectivity index (χ2n) is 21.4. The molecule has 0 saturated carbocycles. The SMILES string of the molecule is Cc1ccc(-c2cc3c4c(c2)-n2c5ccc(C(C)(C)C)cc5c5cc(C(C)(C)C)cc(c52)B4c2cc(C(C)(C)C)ccc2O3)c2c3ccccc3n3c4ccccc4[n+](C)c3c12. The summed E-state index contributed by atoms with van der Waals surface area (Å²) < 4.78 is 14.7. The maximum Gasteiger partial charge on any atom is 0.295 e. The Labute approximate surface area is 364 Å². The minimum atomic E-state index is -0.0435. The third kappa shape index (κ3) is 4.99. The van der Waals surface area contributed by atoms with Crippen molar-refractivity contribution in [3.63, 3.8) is 0 Å². The van der Waals surface area contributed by atoms with E-state index in [9.17, 15) is 0 Å². The number of nitrogens with zero attached hydrogens (tertiary/aromatic N) is 3. The van der Waals surface area contributed by atoms with E-state index in [4.69, 9.17) is 4.74 Å². The number of rotatable bonds is 1. The van der Waals surface area contributed by atoms with Gasteiger partial charge in [-0.2, -0.15) is 4.40 Å². The zero-order valence-electron chi connectivity index (χ0n) is 37.9. The van der Waals surface area contributed by atoms with E-state index in [1.807, 2.05) is 0 Å². The van der Waals surface area contributed by atoms with Gasteiger partial charge in [-0.05, 0) is 128 Å². The summed E-state index contributed by atoms with van der Waals surface area (Å²) in [6, 6.07) is 46.4. The molecule has 0 N–H and O–H groups in total. The minimum absolute atomic E-state index is 0.00575. The summed E-state index contributed by atoms with van der Waals surface area (Å²) in [6.07, 6.45) is 0. The summed E-state index contributed by atoms with van der Waals surface area (Å²) in [5.74, 6) is 1.88. The maximum atomic E-state index is 7.25. The molecule has 5 heteroatoms. The first-order chi connectivity index (χ1) is 29.5. The average Bonchev–Trinajstić information content (AvgIpc) is 3.73. The molecule has 0 saturated heterocycles. The van der Waals surface area contributed by atoms with Gasteiger partial charge < -0.3 is 9.30 Å². The first-order valence-electron chi connectivity index (χ1n) is 22.4. The number of aromatic nitrogens is 3. The van der Waals surface area contributed by atoms with Crippen LogP contribution in [0.25, 0.3) is 77.0 Å². The summed E-state index contributed by atoms with van der Waals surface area (Å²) in [4.78, 5) is 0. The molecule has 0 bridgehead atoms. The van der Waals surface area contributed by atoms with Gasteiger partial charge in [0.25, 0.3) is 12.4 Å². The van der Waals surface area contributed by atoms with Crippen molar-refractivity contribution in [2.75, 3.05) is 0 Å². The molecule has 0 unspecified atom stereocenters. The van der Waals surface area contributed by atoms with Crippen molar-refractivity contribution in [2.24, 2.45) is 7.05 Å². The third-order valence-corrected chi connectivity index (χ3v) is 14.4. The molecule has 2 aliphatic rings. The van der Waals surface area contributed by atoms with Gasteiger partial charge in [0.1, 0.15) is 17.0 Å². The predicted octanol–water partition coefficient (Wildman–Crippen LogP) is 12.1. The molecular formula is C57H53BN3O+. The third-order valence-electron chi connectivity index (χ3n) is 14.4. The van der Waals surface area contributed by atoms with Gasteiger partial charge in [-0.15, -0.1) is 0 Å². The standard InChI is InChI=1S/C57H53BN3O/c1-32-20-23-37(51-38-16-12-13-17-43(38)61-46-19-15-14-18-45(46)59(11)54(61)50(32)51)33-26-47-52-49(27-33)62-48-25-22-35(56(5,6)7)30-41(48)58(52)42-31-36(57(8,9)10)29-40-39-28-34(55(2,3)4)21-24-44(39)60(47)53(40)42/h12-31H,1-11H3/q+1. The lowest BCUT2D eigenvalue weighted by Crippen LogP contribution is -2.58. The fourth-order valence-corrected chi connectivity index (χ4v) is 11.0. The highest BCUT2D eigenvalue weighted by Crippen LogP contribution is 2.45. The van der Waals surface area contributed by atoms with E-state index in [1.165, 1.54) is 110 Å². The van der Waals surface area contributed by atoms with E-state index in [1.54, 1.807) is 0 Å². The van der Waals surface area contributed by atoms with Crippen LogP contribution in [-0.4, -0.2) is 15.7 Å². The average molecular weight is 807 g/mol.